The molecule has 3 aliphatic heterocycles. The van der Waals surface area contributed by atoms with Crippen molar-refractivity contribution in [3.8, 4) is 0 Å². The molecule has 4 rings (SSSR count). The quantitative estimate of drug-likeness (QED) is 0.653. The molecule has 0 spiro atoms. The minimum Gasteiger partial charge on any atom is -0.322 e. The van der Waals surface area contributed by atoms with E-state index in [-0.39, 0.29) is 24.1 Å². The number of nitrogens with zero attached hydrogens (tertiary/aromatic N) is 1. The summed E-state index contributed by atoms with van der Waals surface area (Å²) < 4.78 is 0. The Morgan fingerprint density at radius 3 is 2.85 bits per heavy atom. The number of imide groups is 1. The number of fused-ring (bicyclic) bond motifs is 1. The lowest BCUT2D eigenvalue weighted by molar-refractivity contribution is -0.136. The molecule has 3 aliphatic rings. The summed E-state index contributed by atoms with van der Waals surface area (Å²) in [5, 5.41) is 9.19. The van der Waals surface area contributed by atoms with Crippen LogP contribution in [-0.2, 0) is 22.7 Å². The largest absolute Gasteiger partial charge is 0.322 e. The SMILES string of the molecule is O=C1CCC(N2Cc3cc(CNC[C@H]4CCNC4)ccc3C2=O)C(=O)N1. The van der Waals surface area contributed by atoms with Crippen LogP contribution >= 0.6 is 0 Å². The Kier molecular flexibility index (Phi) is 4.74. The van der Waals surface area contributed by atoms with Crippen LogP contribution < -0.4 is 16.0 Å². The lowest BCUT2D eigenvalue weighted by atomic mass is 10.0. The van der Waals surface area contributed by atoms with E-state index in [4.69, 9.17) is 0 Å². The Morgan fingerprint density at radius 2 is 2.08 bits per heavy atom. The fourth-order valence-electron chi connectivity index (χ4n) is 4.05. The van der Waals surface area contributed by atoms with Gasteiger partial charge in [0.1, 0.15) is 6.04 Å². The van der Waals surface area contributed by atoms with Crippen molar-refractivity contribution in [3.63, 3.8) is 0 Å². The van der Waals surface area contributed by atoms with Gasteiger partial charge in [-0.1, -0.05) is 12.1 Å². The second-order valence-corrected chi connectivity index (χ2v) is 7.38. The van der Waals surface area contributed by atoms with Crippen LogP contribution in [0.4, 0.5) is 0 Å². The molecule has 0 radical (unpaired) electrons. The van der Waals surface area contributed by atoms with Crippen molar-refractivity contribution in [3.05, 3.63) is 34.9 Å². The average Bonchev–Trinajstić information content (AvgIpc) is 3.23. The number of piperidine rings is 1. The molecule has 0 saturated carbocycles. The zero-order chi connectivity index (χ0) is 18.1. The van der Waals surface area contributed by atoms with Gasteiger partial charge >= 0.3 is 0 Å². The molecule has 1 aromatic rings. The Labute approximate surface area is 152 Å². The number of rotatable bonds is 5. The molecule has 3 heterocycles. The van der Waals surface area contributed by atoms with Gasteiger partial charge in [0, 0.05) is 25.1 Å². The predicted octanol–water partition coefficient (Wildman–Crippen LogP) is 0.147. The van der Waals surface area contributed by atoms with Crippen LogP contribution in [0.1, 0.15) is 40.7 Å². The number of benzene rings is 1. The molecule has 0 bridgehead atoms. The summed E-state index contributed by atoms with van der Waals surface area (Å²) in [7, 11) is 0. The van der Waals surface area contributed by atoms with Crippen LogP contribution in [0.2, 0.25) is 0 Å². The minimum atomic E-state index is -0.552. The summed E-state index contributed by atoms with van der Waals surface area (Å²) in [6.07, 6.45) is 1.89. The lowest BCUT2D eigenvalue weighted by Crippen LogP contribution is -2.52. The van der Waals surface area contributed by atoms with Gasteiger partial charge in [-0.2, -0.15) is 0 Å². The van der Waals surface area contributed by atoms with E-state index < -0.39 is 6.04 Å². The molecule has 138 valence electrons. The van der Waals surface area contributed by atoms with Gasteiger partial charge in [-0.25, -0.2) is 0 Å². The van der Waals surface area contributed by atoms with E-state index in [2.05, 4.69) is 22.0 Å². The van der Waals surface area contributed by atoms with Crippen molar-refractivity contribution in [1.29, 1.82) is 0 Å². The first kappa shape index (κ1) is 17.2. The van der Waals surface area contributed by atoms with Crippen LogP contribution in [0.5, 0.6) is 0 Å². The molecular weight excluding hydrogens is 332 g/mol. The van der Waals surface area contributed by atoms with E-state index in [9.17, 15) is 14.4 Å². The van der Waals surface area contributed by atoms with Crippen LogP contribution in [0.15, 0.2) is 18.2 Å². The van der Waals surface area contributed by atoms with Gasteiger partial charge in [0.15, 0.2) is 0 Å². The molecule has 0 aromatic heterocycles. The van der Waals surface area contributed by atoms with E-state index in [1.54, 1.807) is 4.90 Å². The van der Waals surface area contributed by atoms with E-state index >= 15 is 0 Å². The Morgan fingerprint density at radius 1 is 1.19 bits per heavy atom. The third-order valence-electron chi connectivity index (χ3n) is 5.51. The number of amides is 3. The summed E-state index contributed by atoms with van der Waals surface area (Å²) in [4.78, 5) is 37.7. The maximum atomic E-state index is 12.7. The molecule has 3 amide bonds. The zero-order valence-corrected chi connectivity index (χ0v) is 14.7. The molecule has 2 atom stereocenters. The fraction of sp³-hybridized carbons (Fsp3) is 0.526. The summed E-state index contributed by atoms with van der Waals surface area (Å²) >= 11 is 0. The van der Waals surface area contributed by atoms with E-state index in [0.717, 1.165) is 37.3 Å². The Hall–Kier alpha value is -2.25. The molecular formula is C19H24N4O3. The summed E-state index contributed by atoms with van der Waals surface area (Å²) in [6, 6.07) is 5.34. The van der Waals surface area contributed by atoms with Gasteiger partial charge < -0.3 is 15.5 Å². The monoisotopic (exact) mass is 356 g/mol. The van der Waals surface area contributed by atoms with Crippen LogP contribution in [0, 0.1) is 5.92 Å². The summed E-state index contributed by atoms with van der Waals surface area (Å²) in [6.45, 7) is 4.37. The highest BCUT2D eigenvalue weighted by Crippen LogP contribution is 2.28. The molecule has 7 heteroatoms. The third-order valence-corrected chi connectivity index (χ3v) is 5.51. The van der Waals surface area contributed by atoms with Crippen molar-refractivity contribution in [2.45, 2.75) is 38.4 Å². The standard InChI is InChI=1S/C19H24N4O3/c24-17-4-3-16(18(25)22-17)23-11-14-7-12(1-2-15(14)19(23)26)8-21-10-13-5-6-20-9-13/h1-2,7,13,16,20-21H,3-6,8-11H2,(H,22,24,25)/t13-,16?/m0/s1. The minimum absolute atomic E-state index is 0.119. The summed E-state index contributed by atoms with van der Waals surface area (Å²) in [5.41, 5.74) is 2.77. The van der Waals surface area contributed by atoms with Crippen LogP contribution in [-0.4, -0.2) is 48.3 Å². The highest BCUT2D eigenvalue weighted by molar-refractivity contribution is 6.05. The molecule has 2 fully saturated rings. The Bertz CT molecular complexity index is 742. The van der Waals surface area contributed by atoms with Gasteiger partial charge in [0.2, 0.25) is 11.8 Å². The van der Waals surface area contributed by atoms with Crippen molar-refractivity contribution in [2.75, 3.05) is 19.6 Å². The normalized spacial score (nSPS) is 25.5. The van der Waals surface area contributed by atoms with Crippen molar-refractivity contribution < 1.29 is 14.4 Å². The number of hydrogen-bond acceptors (Lipinski definition) is 5. The molecule has 2 saturated heterocycles. The van der Waals surface area contributed by atoms with Crippen molar-refractivity contribution in [1.82, 2.24) is 20.9 Å². The molecule has 0 aliphatic carbocycles. The van der Waals surface area contributed by atoms with Gasteiger partial charge in [0.05, 0.1) is 0 Å². The first-order valence-electron chi connectivity index (χ1n) is 9.29. The molecule has 7 nitrogen and oxygen atoms in total. The smallest absolute Gasteiger partial charge is 0.255 e. The topological polar surface area (TPSA) is 90.5 Å². The number of carbonyl (C=O) groups is 3. The average molecular weight is 356 g/mol. The zero-order valence-electron chi connectivity index (χ0n) is 14.7. The first-order valence-corrected chi connectivity index (χ1v) is 9.29. The lowest BCUT2D eigenvalue weighted by Gasteiger charge is -2.29. The molecule has 3 N–H and O–H groups in total. The van der Waals surface area contributed by atoms with Crippen LogP contribution in [0.25, 0.3) is 0 Å². The first-order chi connectivity index (χ1) is 12.6. The number of hydrogen-bond donors (Lipinski definition) is 3. The van der Waals surface area contributed by atoms with E-state index in [0.29, 0.717) is 24.4 Å². The maximum Gasteiger partial charge on any atom is 0.255 e. The second kappa shape index (κ2) is 7.17. The highest BCUT2D eigenvalue weighted by Gasteiger charge is 2.38. The highest BCUT2D eigenvalue weighted by atomic mass is 16.2. The fourth-order valence-corrected chi connectivity index (χ4v) is 4.05. The molecule has 1 unspecified atom stereocenters. The van der Waals surface area contributed by atoms with Gasteiger partial charge in [-0.3, -0.25) is 19.7 Å². The second-order valence-electron chi connectivity index (χ2n) is 7.38. The molecule has 1 aromatic carbocycles. The third kappa shape index (κ3) is 3.37. The van der Waals surface area contributed by atoms with E-state index in [1.807, 2.05) is 12.1 Å². The van der Waals surface area contributed by atoms with Gasteiger partial charge in [0.25, 0.3) is 5.91 Å². The van der Waals surface area contributed by atoms with E-state index in [1.165, 1.54) is 6.42 Å². The number of nitrogens with one attached hydrogen (secondary N) is 3. The predicted molar refractivity (Wildman–Crippen MR) is 95.2 cm³/mol. The Balaban J connectivity index is 1.39. The van der Waals surface area contributed by atoms with Crippen molar-refractivity contribution >= 4 is 17.7 Å². The van der Waals surface area contributed by atoms with Gasteiger partial charge in [-0.05, 0) is 55.6 Å². The van der Waals surface area contributed by atoms with Gasteiger partial charge in [-0.15, -0.1) is 0 Å². The summed E-state index contributed by atoms with van der Waals surface area (Å²) in [5.74, 6) is -0.0595. The van der Waals surface area contributed by atoms with Crippen LogP contribution in [0.3, 0.4) is 0 Å². The maximum absolute atomic E-state index is 12.7. The molecule has 26 heavy (non-hydrogen) atoms. The van der Waals surface area contributed by atoms with Crippen molar-refractivity contribution in [2.24, 2.45) is 5.92 Å². The number of carbonyl (C=O) groups excluding carboxylic acids is 3.